The Bertz CT molecular complexity index is 724. The molecule has 0 saturated heterocycles. The minimum Gasteiger partial charge on any atom is -0.392 e. The standard InChI is InChI=1S/C15H24N8O.ClH/c1-6-7-18-14-19-10-11(12(16-3)21-14)20-15(22-13(10)17-4)23(5)8-9(2)24;/h6,9,24H,1,7-8H2,2-5H3,(H,17,20,22)(H2,16,18,19,21);1H. The highest BCUT2D eigenvalue weighted by Gasteiger charge is 2.17. The summed E-state index contributed by atoms with van der Waals surface area (Å²) >= 11 is 0. The van der Waals surface area contributed by atoms with Gasteiger partial charge in [-0.2, -0.15) is 9.97 Å². The van der Waals surface area contributed by atoms with Crippen molar-refractivity contribution in [3.8, 4) is 0 Å². The van der Waals surface area contributed by atoms with Crippen LogP contribution in [-0.2, 0) is 0 Å². The van der Waals surface area contributed by atoms with E-state index in [1.165, 1.54) is 0 Å². The van der Waals surface area contributed by atoms with Gasteiger partial charge in [0.25, 0.3) is 0 Å². The molecule has 0 amide bonds. The molecule has 2 rings (SSSR count). The molecule has 9 nitrogen and oxygen atoms in total. The van der Waals surface area contributed by atoms with Crippen molar-refractivity contribution in [2.75, 3.05) is 55.1 Å². The van der Waals surface area contributed by atoms with Crippen molar-refractivity contribution in [2.24, 2.45) is 0 Å². The number of halogens is 1. The molecule has 1 atom stereocenters. The summed E-state index contributed by atoms with van der Waals surface area (Å²) in [7, 11) is 5.38. The van der Waals surface area contributed by atoms with Crippen molar-refractivity contribution in [3.05, 3.63) is 12.7 Å². The molecule has 1 unspecified atom stereocenters. The van der Waals surface area contributed by atoms with Gasteiger partial charge in [-0.05, 0) is 6.92 Å². The Morgan fingerprint density at radius 3 is 2.28 bits per heavy atom. The Balaban J connectivity index is 0.00000312. The van der Waals surface area contributed by atoms with Crippen LogP contribution in [0.15, 0.2) is 12.7 Å². The summed E-state index contributed by atoms with van der Waals surface area (Å²) < 4.78 is 0. The van der Waals surface area contributed by atoms with Crippen molar-refractivity contribution >= 4 is 47.0 Å². The second kappa shape index (κ2) is 9.19. The summed E-state index contributed by atoms with van der Waals surface area (Å²) in [6, 6.07) is 0. The Labute approximate surface area is 153 Å². The zero-order valence-electron chi connectivity index (χ0n) is 14.9. The van der Waals surface area contributed by atoms with Gasteiger partial charge in [0.2, 0.25) is 11.9 Å². The molecule has 0 bridgehead atoms. The maximum absolute atomic E-state index is 9.58. The van der Waals surface area contributed by atoms with Crippen LogP contribution in [-0.4, -0.2) is 65.4 Å². The van der Waals surface area contributed by atoms with Crippen molar-refractivity contribution < 1.29 is 5.11 Å². The number of fused-ring (bicyclic) bond motifs is 1. The van der Waals surface area contributed by atoms with Crippen LogP contribution in [0.1, 0.15) is 6.92 Å². The molecule has 0 spiro atoms. The van der Waals surface area contributed by atoms with Crippen LogP contribution in [0.5, 0.6) is 0 Å². The molecule has 2 aromatic heterocycles. The van der Waals surface area contributed by atoms with Crippen LogP contribution >= 0.6 is 12.4 Å². The van der Waals surface area contributed by atoms with Crippen molar-refractivity contribution in [3.63, 3.8) is 0 Å². The summed E-state index contributed by atoms with van der Waals surface area (Å²) in [4.78, 5) is 19.8. The highest BCUT2D eigenvalue weighted by molar-refractivity contribution is 5.94. The maximum atomic E-state index is 9.58. The van der Waals surface area contributed by atoms with Crippen LogP contribution in [0.4, 0.5) is 23.5 Å². The van der Waals surface area contributed by atoms with Crippen LogP contribution in [0.25, 0.3) is 11.0 Å². The van der Waals surface area contributed by atoms with E-state index in [4.69, 9.17) is 0 Å². The van der Waals surface area contributed by atoms with Crippen LogP contribution in [0, 0.1) is 0 Å². The van der Waals surface area contributed by atoms with E-state index in [-0.39, 0.29) is 12.4 Å². The number of nitrogens with one attached hydrogen (secondary N) is 3. The lowest BCUT2D eigenvalue weighted by atomic mass is 10.3. The van der Waals surface area contributed by atoms with Gasteiger partial charge in [-0.25, -0.2) is 9.97 Å². The van der Waals surface area contributed by atoms with E-state index in [0.717, 1.165) is 0 Å². The lowest BCUT2D eigenvalue weighted by Crippen LogP contribution is -2.28. The summed E-state index contributed by atoms with van der Waals surface area (Å²) in [6.45, 7) is 6.37. The molecule has 4 N–H and O–H groups in total. The maximum Gasteiger partial charge on any atom is 0.227 e. The first-order valence-corrected chi connectivity index (χ1v) is 7.69. The number of likely N-dealkylation sites (N-methyl/N-ethyl adjacent to an activating group) is 1. The monoisotopic (exact) mass is 368 g/mol. The number of rotatable bonds is 8. The predicted molar refractivity (Wildman–Crippen MR) is 105 cm³/mol. The third-order valence-electron chi connectivity index (χ3n) is 3.29. The van der Waals surface area contributed by atoms with Gasteiger partial charge in [0.15, 0.2) is 11.6 Å². The molecular formula is C15H25ClN8O. The molecule has 138 valence electrons. The molecule has 2 aromatic rings. The van der Waals surface area contributed by atoms with Crippen LogP contribution in [0.3, 0.4) is 0 Å². The molecule has 2 heterocycles. The van der Waals surface area contributed by atoms with Gasteiger partial charge >= 0.3 is 0 Å². The minimum atomic E-state index is -0.488. The summed E-state index contributed by atoms with van der Waals surface area (Å²) in [5.41, 5.74) is 1.21. The van der Waals surface area contributed by atoms with E-state index < -0.39 is 6.10 Å². The van der Waals surface area contributed by atoms with Crippen LogP contribution in [0.2, 0.25) is 0 Å². The number of aliphatic hydroxyl groups excluding tert-OH is 1. The molecule has 10 heteroatoms. The molecule has 0 aliphatic carbocycles. The second-order valence-electron chi connectivity index (χ2n) is 5.36. The topological polar surface area (TPSA) is 111 Å². The molecule has 25 heavy (non-hydrogen) atoms. The molecule has 0 aliphatic rings. The Morgan fingerprint density at radius 1 is 1.12 bits per heavy atom. The van der Waals surface area contributed by atoms with E-state index in [1.807, 2.05) is 7.05 Å². The molecule has 0 aromatic carbocycles. The Kier molecular flexibility index (Phi) is 7.59. The van der Waals surface area contributed by atoms with Gasteiger partial charge in [-0.3, -0.25) is 0 Å². The molecular weight excluding hydrogens is 344 g/mol. The zero-order chi connectivity index (χ0) is 17.7. The van der Waals surface area contributed by atoms with E-state index in [9.17, 15) is 5.11 Å². The van der Waals surface area contributed by atoms with E-state index in [2.05, 4.69) is 42.5 Å². The van der Waals surface area contributed by atoms with Crippen LogP contribution < -0.4 is 20.9 Å². The van der Waals surface area contributed by atoms with Gasteiger partial charge in [-0.1, -0.05) is 6.08 Å². The third kappa shape index (κ3) is 4.80. The normalized spacial score (nSPS) is 11.4. The minimum absolute atomic E-state index is 0. The second-order valence-corrected chi connectivity index (χ2v) is 5.36. The first kappa shape index (κ1) is 20.7. The number of nitrogens with zero attached hydrogens (tertiary/aromatic N) is 5. The SMILES string of the molecule is C=CCNc1nc(NC)c2nc(N(C)CC(C)O)nc(NC)c2n1.Cl. The Morgan fingerprint density at radius 2 is 1.72 bits per heavy atom. The fourth-order valence-corrected chi connectivity index (χ4v) is 2.24. The molecule has 0 radical (unpaired) electrons. The van der Waals surface area contributed by atoms with Gasteiger partial charge in [0.1, 0.15) is 11.0 Å². The van der Waals surface area contributed by atoms with Gasteiger partial charge in [-0.15, -0.1) is 19.0 Å². The number of aromatic nitrogens is 4. The molecule has 0 saturated carbocycles. The lowest BCUT2D eigenvalue weighted by molar-refractivity contribution is 0.201. The molecule has 0 fully saturated rings. The number of aliphatic hydroxyl groups is 1. The summed E-state index contributed by atoms with van der Waals surface area (Å²) in [5, 5.41) is 18.7. The largest absolute Gasteiger partial charge is 0.392 e. The number of hydrogen-bond donors (Lipinski definition) is 4. The smallest absolute Gasteiger partial charge is 0.227 e. The van der Waals surface area contributed by atoms with Gasteiger partial charge < -0.3 is 26.0 Å². The lowest BCUT2D eigenvalue weighted by Gasteiger charge is -2.20. The van der Waals surface area contributed by atoms with E-state index in [1.54, 1.807) is 32.0 Å². The summed E-state index contributed by atoms with van der Waals surface area (Å²) in [5.74, 6) is 2.14. The fourth-order valence-electron chi connectivity index (χ4n) is 2.24. The van der Waals surface area contributed by atoms with E-state index in [0.29, 0.717) is 47.7 Å². The summed E-state index contributed by atoms with van der Waals surface area (Å²) in [6.07, 6.45) is 1.24. The van der Waals surface area contributed by atoms with Crippen molar-refractivity contribution in [2.45, 2.75) is 13.0 Å². The Hall–Kier alpha value is -2.39. The quantitative estimate of drug-likeness (QED) is 0.513. The average Bonchev–Trinajstić information content (AvgIpc) is 2.57. The van der Waals surface area contributed by atoms with Crippen molar-refractivity contribution in [1.29, 1.82) is 0 Å². The van der Waals surface area contributed by atoms with Gasteiger partial charge in [0.05, 0.1) is 6.10 Å². The highest BCUT2D eigenvalue weighted by atomic mass is 35.5. The average molecular weight is 369 g/mol. The number of hydrogen-bond acceptors (Lipinski definition) is 9. The van der Waals surface area contributed by atoms with Gasteiger partial charge in [0, 0.05) is 34.2 Å². The van der Waals surface area contributed by atoms with E-state index >= 15 is 0 Å². The van der Waals surface area contributed by atoms with Crippen molar-refractivity contribution in [1.82, 2.24) is 19.9 Å². The predicted octanol–water partition coefficient (Wildman–Crippen LogP) is 1.34. The first-order chi connectivity index (χ1) is 11.5. The third-order valence-corrected chi connectivity index (χ3v) is 3.29. The zero-order valence-corrected chi connectivity index (χ0v) is 15.7. The fraction of sp³-hybridized carbons (Fsp3) is 0.467. The highest BCUT2D eigenvalue weighted by Crippen LogP contribution is 2.27. The molecule has 0 aliphatic heterocycles. The number of anilines is 4. The first-order valence-electron chi connectivity index (χ1n) is 7.69.